The Morgan fingerprint density at radius 1 is 0.564 bits per heavy atom. The molecule has 0 aliphatic heterocycles. The van der Waals surface area contributed by atoms with Gasteiger partial charge in [0.05, 0.1) is 9.85 Å². The average molecular weight is 517 g/mol. The third-order valence-corrected chi connectivity index (χ3v) is 7.76. The summed E-state index contributed by atoms with van der Waals surface area (Å²) in [5.74, 6) is 0. The number of rotatable bonds is 8. The molecule has 0 saturated heterocycles. The first-order chi connectivity index (χ1) is 18.8. The number of hydrogen-bond donors (Lipinski definition) is 0. The van der Waals surface area contributed by atoms with E-state index >= 15 is 0 Å². The van der Waals surface area contributed by atoms with Crippen molar-refractivity contribution in [2.24, 2.45) is 0 Å². The molecule has 0 radical (unpaired) electrons. The summed E-state index contributed by atoms with van der Waals surface area (Å²) in [5, 5.41) is 21.9. The van der Waals surface area contributed by atoms with E-state index < -0.39 is 9.85 Å². The van der Waals surface area contributed by atoms with Gasteiger partial charge in [0.15, 0.2) is 0 Å². The Balaban J connectivity index is 1.45. The lowest BCUT2D eigenvalue weighted by atomic mass is 9.73. The summed E-state index contributed by atoms with van der Waals surface area (Å²) in [7, 11) is 0. The van der Waals surface area contributed by atoms with Crippen molar-refractivity contribution in [3.8, 4) is 11.1 Å². The van der Waals surface area contributed by atoms with Crippen LogP contribution >= 0.6 is 0 Å². The molecule has 6 nitrogen and oxygen atoms in total. The van der Waals surface area contributed by atoms with Gasteiger partial charge in [-0.15, -0.1) is 0 Å². The van der Waals surface area contributed by atoms with E-state index in [0.29, 0.717) is 0 Å². The summed E-state index contributed by atoms with van der Waals surface area (Å²) >= 11 is 0. The minimum atomic E-state index is -0.391. The lowest BCUT2D eigenvalue weighted by molar-refractivity contribution is -0.385. The quantitative estimate of drug-likeness (QED) is 0.133. The van der Waals surface area contributed by atoms with Crippen LogP contribution in [0.3, 0.4) is 0 Å². The highest BCUT2D eigenvalue weighted by atomic mass is 16.6. The Hall–Kier alpha value is -4.84. The van der Waals surface area contributed by atoms with Crippen molar-refractivity contribution in [3.63, 3.8) is 0 Å². The third kappa shape index (κ3) is 4.89. The number of non-ortho nitro benzene ring substituents is 2. The second kappa shape index (κ2) is 10.5. The first kappa shape index (κ1) is 25.8. The summed E-state index contributed by atoms with van der Waals surface area (Å²) in [5.41, 5.74) is 9.22. The van der Waals surface area contributed by atoms with E-state index in [1.807, 2.05) is 12.2 Å². The number of nitro benzene ring substituents is 2. The van der Waals surface area contributed by atoms with Crippen LogP contribution in [0.15, 0.2) is 84.9 Å². The van der Waals surface area contributed by atoms with Gasteiger partial charge in [0.1, 0.15) is 0 Å². The van der Waals surface area contributed by atoms with Gasteiger partial charge in [-0.2, -0.15) is 0 Å². The molecule has 1 aliphatic carbocycles. The minimum Gasteiger partial charge on any atom is -0.258 e. The fraction of sp³-hybridized carbons (Fsp3) is 0.152. The first-order valence-electron chi connectivity index (χ1n) is 13.0. The molecule has 4 aromatic carbocycles. The summed E-state index contributed by atoms with van der Waals surface area (Å²) in [6.45, 7) is 4.47. The predicted octanol–water partition coefficient (Wildman–Crippen LogP) is 8.93. The predicted molar refractivity (Wildman–Crippen MR) is 157 cm³/mol. The van der Waals surface area contributed by atoms with Crippen molar-refractivity contribution in [1.82, 2.24) is 0 Å². The molecule has 0 fully saturated rings. The molecule has 0 aromatic heterocycles. The average Bonchev–Trinajstić information content (AvgIpc) is 3.24. The van der Waals surface area contributed by atoms with Crippen LogP contribution in [0.25, 0.3) is 35.4 Å². The van der Waals surface area contributed by atoms with Gasteiger partial charge in [0.2, 0.25) is 0 Å². The van der Waals surface area contributed by atoms with Gasteiger partial charge in [0.25, 0.3) is 11.4 Å². The van der Waals surface area contributed by atoms with E-state index in [-0.39, 0.29) is 16.8 Å². The fourth-order valence-corrected chi connectivity index (χ4v) is 5.55. The molecule has 0 unspecified atom stereocenters. The lowest BCUT2D eigenvalue weighted by Gasteiger charge is -2.30. The van der Waals surface area contributed by atoms with Crippen molar-refractivity contribution < 1.29 is 9.85 Å². The summed E-state index contributed by atoms with van der Waals surface area (Å²) in [6.07, 6.45) is 10.0. The van der Waals surface area contributed by atoms with Crippen LogP contribution in [0.4, 0.5) is 11.4 Å². The van der Waals surface area contributed by atoms with E-state index in [2.05, 4.69) is 62.4 Å². The SMILES string of the molecule is CCC1(CC)c2cc(C=Cc3ccc([N+](=O)[O-])cc3)ccc2-c2ccc(C=Cc3ccc([N+](=O)[O-])cc3)cc21. The Labute approximate surface area is 227 Å². The van der Waals surface area contributed by atoms with E-state index in [4.69, 9.17) is 0 Å². The van der Waals surface area contributed by atoms with Gasteiger partial charge in [0, 0.05) is 29.7 Å². The Morgan fingerprint density at radius 3 is 1.23 bits per heavy atom. The molecule has 39 heavy (non-hydrogen) atoms. The highest BCUT2D eigenvalue weighted by Gasteiger charge is 2.40. The van der Waals surface area contributed by atoms with Crippen molar-refractivity contribution >= 4 is 35.7 Å². The summed E-state index contributed by atoms with van der Waals surface area (Å²) in [6, 6.07) is 26.3. The van der Waals surface area contributed by atoms with Crippen LogP contribution in [-0.4, -0.2) is 9.85 Å². The van der Waals surface area contributed by atoms with Crippen molar-refractivity contribution in [2.45, 2.75) is 32.1 Å². The summed E-state index contributed by atoms with van der Waals surface area (Å²) in [4.78, 5) is 21.1. The fourth-order valence-electron chi connectivity index (χ4n) is 5.55. The number of fused-ring (bicyclic) bond motifs is 3. The molecule has 0 heterocycles. The first-order valence-corrected chi connectivity index (χ1v) is 13.0. The highest BCUT2D eigenvalue weighted by Crippen LogP contribution is 2.53. The number of nitrogens with zero attached hydrogens (tertiary/aromatic N) is 2. The second-order valence-electron chi connectivity index (χ2n) is 9.76. The Bertz CT molecular complexity index is 1490. The highest BCUT2D eigenvalue weighted by molar-refractivity contribution is 5.85. The summed E-state index contributed by atoms with van der Waals surface area (Å²) < 4.78 is 0. The zero-order valence-corrected chi connectivity index (χ0v) is 21.8. The van der Waals surface area contributed by atoms with E-state index in [0.717, 1.165) is 35.1 Å². The van der Waals surface area contributed by atoms with Crippen LogP contribution in [0.5, 0.6) is 0 Å². The van der Waals surface area contributed by atoms with Gasteiger partial charge in [-0.05, 0) is 81.6 Å². The standard InChI is InChI=1S/C33H28N2O4/c1-3-33(4-2)31-21-25(7-5-23-9-15-27(16-10-23)34(36)37)13-19-29(31)30-20-14-26(22-32(30)33)8-6-24-11-17-28(18-12-24)35(38)39/h5-22H,3-4H2,1-2H3. The molecule has 0 atom stereocenters. The number of hydrogen-bond acceptors (Lipinski definition) is 4. The van der Waals surface area contributed by atoms with Crippen molar-refractivity contribution in [3.05, 3.63) is 139 Å². The monoisotopic (exact) mass is 516 g/mol. The van der Waals surface area contributed by atoms with E-state index in [1.54, 1.807) is 24.3 Å². The Kier molecular flexibility index (Phi) is 6.94. The topological polar surface area (TPSA) is 86.3 Å². The maximum absolute atomic E-state index is 10.9. The Morgan fingerprint density at radius 2 is 0.897 bits per heavy atom. The molecule has 0 spiro atoms. The largest absolute Gasteiger partial charge is 0.269 e. The number of nitro groups is 2. The maximum atomic E-state index is 10.9. The van der Waals surface area contributed by atoms with Gasteiger partial charge in [-0.3, -0.25) is 20.2 Å². The van der Waals surface area contributed by atoms with Crippen LogP contribution in [0, 0.1) is 20.2 Å². The van der Waals surface area contributed by atoms with Crippen LogP contribution < -0.4 is 0 Å². The molecule has 0 N–H and O–H groups in total. The normalized spacial score (nSPS) is 13.5. The third-order valence-electron chi connectivity index (χ3n) is 7.76. The molecule has 0 saturated carbocycles. The molecule has 5 rings (SSSR count). The molecular formula is C33H28N2O4. The van der Waals surface area contributed by atoms with Gasteiger partial charge in [-0.25, -0.2) is 0 Å². The number of benzene rings is 4. The zero-order chi connectivity index (χ0) is 27.6. The van der Waals surface area contributed by atoms with Gasteiger partial charge < -0.3 is 0 Å². The van der Waals surface area contributed by atoms with Crippen LogP contribution in [-0.2, 0) is 5.41 Å². The van der Waals surface area contributed by atoms with Crippen LogP contribution in [0.1, 0.15) is 60.1 Å². The lowest BCUT2D eigenvalue weighted by Crippen LogP contribution is -2.23. The smallest absolute Gasteiger partial charge is 0.258 e. The minimum absolute atomic E-state index is 0.0834. The van der Waals surface area contributed by atoms with Crippen LogP contribution in [0.2, 0.25) is 0 Å². The van der Waals surface area contributed by atoms with Crippen molar-refractivity contribution in [1.29, 1.82) is 0 Å². The molecular weight excluding hydrogens is 488 g/mol. The molecule has 1 aliphatic rings. The van der Waals surface area contributed by atoms with Gasteiger partial charge >= 0.3 is 0 Å². The van der Waals surface area contributed by atoms with Gasteiger partial charge in [-0.1, -0.05) is 74.5 Å². The molecule has 0 amide bonds. The molecule has 6 heteroatoms. The second-order valence-corrected chi connectivity index (χ2v) is 9.76. The molecule has 0 bridgehead atoms. The van der Waals surface area contributed by atoms with E-state index in [9.17, 15) is 20.2 Å². The van der Waals surface area contributed by atoms with E-state index in [1.165, 1.54) is 46.5 Å². The molecule has 4 aromatic rings. The molecule has 194 valence electrons. The van der Waals surface area contributed by atoms with Crippen molar-refractivity contribution in [2.75, 3.05) is 0 Å². The zero-order valence-electron chi connectivity index (χ0n) is 21.8. The maximum Gasteiger partial charge on any atom is 0.269 e.